The zero-order valence-electron chi connectivity index (χ0n) is 19.5. The van der Waals surface area contributed by atoms with Gasteiger partial charge in [-0.05, 0) is 62.6 Å². The summed E-state index contributed by atoms with van der Waals surface area (Å²) in [7, 11) is -2.18. The summed E-state index contributed by atoms with van der Waals surface area (Å²) in [5, 5.41) is 2.69. The van der Waals surface area contributed by atoms with Crippen LogP contribution in [0.4, 0.5) is 11.4 Å². The van der Waals surface area contributed by atoms with Crippen LogP contribution < -0.4 is 19.7 Å². The average Bonchev–Trinajstić information content (AvgIpc) is 2.84. The fourth-order valence-electron chi connectivity index (χ4n) is 4.42. The summed E-state index contributed by atoms with van der Waals surface area (Å²) in [4.78, 5) is 26.7. The number of anilines is 2. The molecule has 0 radical (unpaired) electrons. The molecule has 2 aromatic carbocycles. The van der Waals surface area contributed by atoms with E-state index in [-0.39, 0.29) is 42.3 Å². The monoisotopic (exact) mass is 487 g/mol. The molecule has 10 heteroatoms. The van der Waals surface area contributed by atoms with Crippen LogP contribution in [0.25, 0.3) is 0 Å². The Morgan fingerprint density at radius 3 is 2.50 bits per heavy atom. The number of fused-ring (bicyclic) bond motifs is 1. The highest BCUT2D eigenvalue weighted by Gasteiger charge is 2.35. The van der Waals surface area contributed by atoms with Gasteiger partial charge in [0.15, 0.2) is 6.61 Å². The van der Waals surface area contributed by atoms with Crippen LogP contribution in [0.2, 0.25) is 0 Å². The van der Waals surface area contributed by atoms with Crippen molar-refractivity contribution in [3.8, 4) is 11.5 Å². The fourth-order valence-corrected chi connectivity index (χ4v) is 6.12. The van der Waals surface area contributed by atoms with Crippen LogP contribution in [0.3, 0.4) is 0 Å². The van der Waals surface area contributed by atoms with Crippen LogP contribution in [0, 0.1) is 12.8 Å². The van der Waals surface area contributed by atoms with E-state index in [0.717, 1.165) is 11.4 Å². The van der Waals surface area contributed by atoms with Crippen molar-refractivity contribution in [3.05, 3.63) is 42.0 Å². The van der Waals surface area contributed by atoms with Gasteiger partial charge in [0, 0.05) is 37.3 Å². The average molecular weight is 488 g/mol. The van der Waals surface area contributed by atoms with Gasteiger partial charge < -0.3 is 19.7 Å². The van der Waals surface area contributed by atoms with Gasteiger partial charge in [-0.2, -0.15) is 4.31 Å². The molecule has 0 spiro atoms. The van der Waals surface area contributed by atoms with E-state index in [2.05, 4.69) is 5.32 Å². The van der Waals surface area contributed by atoms with Crippen molar-refractivity contribution in [1.82, 2.24) is 4.31 Å². The van der Waals surface area contributed by atoms with Gasteiger partial charge in [0.25, 0.3) is 5.91 Å². The molecule has 0 aliphatic carbocycles. The maximum absolute atomic E-state index is 13.4. The maximum atomic E-state index is 13.4. The number of sulfonamides is 1. The number of rotatable bonds is 6. The summed E-state index contributed by atoms with van der Waals surface area (Å²) in [5.41, 5.74) is 1.79. The molecule has 0 aromatic heterocycles. The Labute approximate surface area is 199 Å². The van der Waals surface area contributed by atoms with Gasteiger partial charge in [-0.25, -0.2) is 8.42 Å². The lowest BCUT2D eigenvalue weighted by Crippen LogP contribution is -2.44. The first-order valence-corrected chi connectivity index (χ1v) is 12.7. The van der Waals surface area contributed by atoms with E-state index in [1.54, 1.807) is 25.0 Å². The molecule has 34 heavy (non-hydrogen) atoms. The number of hydrogen-bond donors (Lipinski definition) is 1. The van der Waals surface area contributed by atoms with Gasteiger partial charge in [-0.3, -0.25) is 9.59 Å². The van der Waals surface area contributed by atoms with Crippen molar-refractivity contribution >= 4 is 33.2 Å². The zero-order valence-corrected chi connectivity index (χ0v) is 20.4. The molecule has 2 aliphatic heterocycles. The second-order valence-corrected chi connectivity index (χ2v) is 10.3. The highest BCUT2D eigenvalue weighted by atomic mass is 32.2. The standard InChI is InChI=1S/C24H29N3O6S/c1-4-27(18-5-7-19(32-3)8-6-18)24(29)17-9-11-26(12-10-17)34(30,31)22-14-21-20(13-16(22)2)25-23(28)15-33-21/h5-8,13-14,17H,4,9-12,15H2,1-3H3,(H,25,28). The summed E-state index contributed by atoms with van der Waals surface area (Å²) in [6.45, 7) is 4.50. The number of carbonyl (C=O) groups is 2. The Hall–Kier alpha value is -3.11. The zero-order chi connectivity index (χ0) is 24.5. The van der Waals surface area contributed by atoms with Crippen LogP contribution in [-0.4, -0.2) is 57.9 Å². The maximum Gasteiger partial charge on any atom is 0.262 e. The minimum absolute atomic E-state index is 0.00109. The Balaban J connectivity index is 1.46. The van der Waals surface area contributed by atoms with Crippen molar-refractivity contribution in [2.75, 3.05) is 43.6 Å². The van der Waals surface area contributed by atoms with Gasteiger partial charge >= 0.3 is 0 Å². The van der Waals surface area contributed by atoms with Gasteiger partial charge in [0.2, 0.25) is 15.9 Å². The van der Waals surface area contributed by atoms with E-state index in [4.69, 9.17) is 9.47 Å². The number of methoxy groups -OCH3 is 1. The Morgan fingerprint density at radius 2 is 1.88 bits per heavy atom. The molecule has 2 heterocycles. The summed E-state index contributed by atoms with van der Waals surface area (Å²) in [6, 6.07) is 10.4. The number of nitrogens with zero attached hydrogens (tertiary/aromatic N) is 2. The van der Waals surface area contributed by atoms with E-state index in [0.29, 0.717) is 36.4 Å². The summed E-state index contributed by atoms with van der Waals surface area (Å²) in [5.74, 6) is 0.531. The number of hydrogen-bond acceptors (Lipinski definition) is 6. The second-order valence-electron chi connectivity index (χ2n) is 8.41. The lowest BCUT2D eigenvalue weighted by atomic mass is 9.96. The molecule has 182 valence electrons. The molecule has 0 atom stereocenters. The largest absolute Gasteiger partial charge is 0.497 e. The number of benzene rings is 2. The number of amides is 2. The lowest BCUT2D eigenvalue weighted by molar-refractivity contribution is -0.123. The predicted molar refractivity (Wildman–Crippen MR) is 128 cm³/mol. The number of ether oxygens (including phenoxy) is 2. The minimum atomic E-state index is -3.77. The van der Waals surface area contributed by atoms with E-state index in [1.807, 2.05) is 31.2 Å². The molecule has 2 amide bonds. The lowest BCUT2D eigenvalue weighted by Gasteiger charge is -2.34. The van der Waals surface area contributed by atoms with E-state index in [9.17, 15) is 18.0 Å². The molecule has 4 rings (SSSR count). The SMILES string of the molecule is CCN(C(=O)C1CCN(S(=O)(=O)c2cc3c(cc2C)NC(=O)CO3)CC1)c1ccc(OC)cc1. The third kappa shape index (κ3) is 4.60. The van der Waals surface area contributed by atoms with Crippen molar-refractivity contribution in [3.63, 3.8) is 0 Å². The molecule has 2 aromatic rings. The minimum Gasteiger partial charge on any atom is -0.497 e. The molecule has 1 N–H and O–H groups in total. The predicted octanol–water partition coefficient (Wildman–Crippen LogP) is 2.79. The van der Waals surface area contributed by atoms with Gasteiger partial charge in [0.05, 0.1) is 17.7 Å². The third-order valence-corrected chi connectivity index (χ3v) is 8.34. The summed E-state index contributed by atoms with van der Waals surface area (Å²) < 4.78 is 38.8. The molecule has 1 fully saturated rings. The van der Waals surface area contributed by atoms with Crippen LogP contribution in [0.1, 0.15) is 25.3 Å². The topological polar surface area (TPSA) is 105 Å². The molecule has 2 aliphatic rings. The van der Waals surface area contributed by atoms with E-state index >= 15 is 0 Å². The Morgan fingerprint density at radius 1 is 1.21 bits per heavy atom. The normalized spacial score (nSPS) is 16.9. The fraction of sp³-hybridized carbons (Fsp3) is 0.417. The molecular formula is C24H29N3O6S. The van der Waals surface area contributed by atoms with E-state index < -0.39 is 10.0 Å². The molecule has 9 nitrogen and oxygen atoms in total. The number of carbonyl (C=O) groups excluding carboxylic acids is 2. The van der Waals surface area contributed by atoms with Gasteiger partial charge in [-0.15, -0.1) is 0 Å². The van der Waals surface area contributed by atoms with Crippen molar-refractivity contribution in [1.29, 1.82) is 0 Å². The Kier molecular flexibility index (Phi) is 6.81. The van der Waals surface area contributed by atoms with Crippen molar-refractivity contribution < 1.29 is 27.5 Å². The van der Waals surface area contributed by atoms with Crippen molar-refractivity contribution in [2.45, 2.75) is 31.6 Å². The highest BCUT2D eigenvalue weighted by molar-refractivity contribution is 7.89. The first-order chi connectivity index (χ1) is 16.2. The first kappa shape index (κ1) is 24.0. The van der Waals surface area contributed by atoms with Crippen LogP contribution >= 0.6 is 0 Å². The molecule has 1 saturated heterocycles. The second kappa shape index (κ2) is 9.63. The quantitative estimate of drug-likeness (QED) is 0.672. The number of piperidine rings is 1. The number of nitrogens with one attached hydrogen (secondary N) is 1. The molecule has 0 saturated carbocycles. The number of aryl methyl sites for hydroxylation is 1. The first-order valence-electron chi connectivity index (χ1n) is 11.3. The van der Waals surface area contributed by atoms with Crippen LogP contribution in [0.5, 0.6) is 11.5 Å². The van der Waals surface area contributed by atoms with Gasteiger partial charge in [-0.1, -0.05) is 0 Å². The van der Waals surface area contributed by atoms with Crippen LogP contribution in [-0.2, 0) is 19.6 Å². The molecular weight excluding hydrogens is 458 g/mol. The summed E-state index contributed by atoms with van der Waals surface area (Å²) >= 11 is 0. The third-order valence-electron chi connectivity index (χ3n) is 6.30. The van der Waals surface area contributed by atoms with Gasteiger partial charge in [0.1, 0.15) is 11.5 Å². The highest BCUT2D eigenvalue weighted by Crippen LogP contribution is 2.35. The Bertz CT molecular complexity index is 1190. The van der Waals surface area contributed by atoms with Crippen LogP contribution in [0.15, 0.2) is 41.3 Å². The van der Waals surface area contributed by atoms with E-state index in [1.165, 1.54) is 10.4 Å². The molecule has 0 bridgehead atoms. The smallest absolute Gasteiger partial charge is 0.262 e. The molecule has 0 unspecified atom stereocenters. The van der Waals surface area contributed by atoms with Crippen molar-refractivity contribution in [2.24, 2.45) is 5.92 Å². The summed E-state index contributed by atoms with van der Waals surface area (Å²) in [6.07, 6.45) is 0.891.